The largest absolute Gasteiger partial charge is 0.494 e. The molecule has 0 fully saturated rings. The third-order valence-electron chi connectivity index (χ3n) is 3.28. The van der Waals surface area contributed by atoms with Crippen LogP contribution in [0.2, 0.25) is 0 Å². The Bertz CT molecular complexity index is 889. The molecule has 138 valence electrons. The number of ether oxygens (including phenoxy) is 2. The van der Waals surface area contributed by atoms with Crippen molar-refractivity contribution in [1.82, 2.24) is 10.9 Å². The fourth-order valence-corrected chi connectivity index (χ4v) is 1.94. The second-order valence-electron chi connectivity index (χ2n) is 5.19. The summed E-state index contributed by atoms with van der Waals surface area (Å²) in [5.41, 5.74) is 5.29. The summed E-state index contributed by atoms with van der Waals surface area (Å²) >= 11 is 0. The van der Waals surface area contributed by atoms with Gasteiger partial charge in [-0.15, -0.1) is 0 Å². The van der Waals surface area contributed by atoms with E-state index in [2.05, 4.69) is 10.9 Å². The zero-order valence-corrected chi connectivity index (χ0v) is 14.4. The Morgan fingerprint density at radius 3 is 2.56 bits per heavy atom. The van der Waals surface area contributed by atoms with Crippen molar-refractivity contribution in [2.45, 2.75) is 0 Å². The van der Waals surface area contributed by atoms with E-state index in [0.717, 1.165) is 6.08 Å². The van der Waals surface area contributed by atoms with Gasteiger partial charge in [-0.25, -0.2) is 4.39 Å². The van der Waals surface area contributed by atoms with Gasteiger partial charge < -0.3 is 9.47 Å². The molecular formula is C19H16FN3O4. The van der Waals surface area contributed by atoms with E-state index in [4.69, 9.17) is 14.7 Å². The lowest BCUT2D eigenvalue weighted by Gasteiger charge is -2.07. The Morgan fingerprint density at radius 2 is 1.93 bits per heavy atom. The lowest BCUT2D eigenvalue weighted by atomic mass is 10.2. The van der Waals surface area contributed by atoms with Gasteiger partial charge in [-0.1, -0.05) is 6.07 Å². The van der Waals surface area contributed by atoms with Crippen molar-refractivity contribution < 1.29 is 23.5 Å². The molecule has 2 amide bonds. The molecule has 7 nitrogen and oxygen atoms in total. The van der Waals surface area contributed by atoms with E-state index in [-0.39, 0.29) is 12.4 Å². The van der Waals surface area contributed by atoms with Crippen LogP contribution in [0.5, 0.6) is 11.5 Å². The van der Waals surface area contributed by atoms with Crippen LogP contribution < -0.4 is 20.3 Å². The van der Waals surface area contributed by atoms with Crippen LogP contribution in [0.25, 0.3) is 6.08 Å². The fourth-order valence-electron chi connectivity index (χ4n) is 1.94. The molecular weight excluding hydrogens is 353 g/mol. The predicted molar refractivity (Wildman–Crippen MR) is 94.9 cm³/mol. The standard InChI is InChI=1S/C19H16FN3O4/c1-26-17-8-4-13(10-16(17)20)5-9-18(24)22-23-19(25)12-27-15-6-2-14(11-21)3-7-15/h2-10H,12H2,1H3,(H,22,24)(H,23,25)/b9-5+. The second-order valence-corrected chi connectivity index (χ2v) is 5.19. The van der Waals surface area contributed by atoms with Gasteiger partial charge in [0.1, 0.15) is 5.75 Å². The highest BCUT2D eigenvalue weighted by atomic mass is 19.1. The van der Waals surface area contributed by atoms with Crippen molar-refractivity contribution in [3.8, 4) is 17.6 Å². The van der Waals surface area contributed by atoms with Crippen molar-refractivity contribution in [3.05, 3.63) is 65.5 Å². The number of nitrogens with one attached hydrogen (secondary N) is 2. The van der Waals surface area contributed by atoms with E-state index >= 15 is 0 Å². The number of nitriles is 1. The van der Waals surface area contributed by atoms with E-state index in [0.29, 0.717) is 16.9 Å². The summed E-state index contributed by atoms with van der Waals surface area (Å²) < 4.78 is 23.6. The summed E-state index contributed by atoms with van der Waals surface area (Å²) in [4.78, 5) is 23.3. The van der Waals surface area contributed by atoms with Gasteiger partial charge in [-0.05, 0) is 48.0 Å². The maximum atomic E-state index is 13.5. The van der Waals surface area contributed by atoms with Crippen molar-refractivity contribution in [1.29, 1.82) is 5.26 Å². The quantitative estimate of drug-likeness (QED) is 0.599. The molecule has 2 rings (SSSR count). The Balaban J connectivity index is 1.76. The molecule has 0 heterocycles. The molecule has 0 saturated carbocycles. The molecule has 0 aliphatic rings. The number of nitrogens with zero attached hydrogens (tertiary/aromatic N) is 1. The minimum atomic E-state index is -0.599. The van der Waals surface area contributed by atoms with E-state index in [1.807, 2.05) is 6.07 Å². The number of methoxy groups -OCH3 is 1. The molecule has 8 heteroatoms. The highest BCUT2D eigenvalue weighted by Crippen LogP contribution is 2.18. The SMILES string of the molecule is COc1ccc(/C=C/C(=O)NNC(=O)COc2ccc(C#N)cc2)cc1F. The van der Waals surface area contributed by atoms with Crippen molar-refractivity contribution in [2.24, 2.45) is 0 Å². The van der Waals surface area contributed by atoms with Crippen molar-refractivity contribution in [3.63, 3.8) is 0 Å². The van der Waals surface area contributed by atoms with Gasteiger partial charge in [0.25, 0.3) is 11.8 Å². The second kappa shape index (κ2) is 9.58. The number of benzene rings is 2. The van der Waals surface area contributed by atoms with Gasteiger partial charge >= 0.3 is 0 Å². The van der Waals surface area contributed by atoms with Crippen LogP contribution in [0.3, 0.4) is 0 Å². The van der Waals surface area contributed by atoms with Gasteiger partial charge in [0.15, 0.2) is 18.2 Å². The molecule has 2 aromatic rings. The Morgan fingerprint density at radius 1 is 1.19 bits per heavy atom. The van der Waals surface area contributed by atoms with Crippen molar-refractivity contribution >= 4 is 17.9 Å². The molecule has 0 bridgehead atoms. The van der Waals surface area contributed by atoms with Crippen LogP contribution in [0, 0.1) is 17.1 Å². The molecule has 2 aromatic carbocycles. The predicted octanol–water partition coefficient (Wildman–Crippen LogP) is 1.95. The van der Waals surface area contributed by atoms with E-state index in [1.54, 1.807) is 30.3 Å². The smallest absolute Gasteiger partial charge is 0.276 e. The van der Waals surface area contributed by atoms with Gasteiger partial charge in [0, 0.05) is 6.08 Å². The Kier molecular flexibility index (Phi) is 6.91. The van der Waals surface area contributed by atoms with E-state index in [9.17, 15) is 14.0 Å². The van der Waals surface area contributed by atoms with E-state index in [1.165, 1.54) is 25.3 Å². The highest BCUT2D eigenvalue weighted by molar-refractivity contribution is 5.93. The number of rotatable bonds is 6. The number of hydrazine groups is 1. The first-order valence-electron chi connectivity index (χ1n) is 7.75. The molecule has 0 aliphatic heterocycles. The highest BCUT2D eigenvalue weighted by Gasteiger charge is 2.05. The summed E-state index contributed by atoms with van der Waals surface area (Å²) in [5.74, 6) is -1.20. The number of hydrogen-bond donors (Lipinski definition) is 2. The van der Waals surface area contributed by atoms with Crippen LogP contribution >= 0.6 is 0 Å². The summed E-state index contributed by atoms with van der Waals surface area (Å²) in [6, 6.07) is 12.4. The zero-order valence-electron chi connectivity index (χ0n) is 14.4. The number of carbonyl (C=O) groups excluding carboxylic acids is 2. The lowest BCUT2D eigenvalue weighted by Crippen LogP contribution is -2.43. The molecule has 2 N–H and O–H groups in total. The topological polar surface area (TPSA) is 100 Å². The van der Waals surface area contributed by atoms with E-state index < -0.39 is 17.6 Å². The Hall–Kier alpha value is -3.86. The van der Waals surface area contributed by atoms with Crippen molar-refractivity contribution in [2.75, 3.05) is 13.7 Å². The summed E-state index contributed by atoms with van der Waals surface area (Å²) in [5, 5.41) is 8.70. The summed E-state index contributed by atoms with van der Waals surface area (Å²) in [6.45, 7) is -0.320. The van der Waals surface area contributed by atoms with Crippen LogP contribution in [0.1, 0.15) is 11.1 Å². The minimum absolute atomic E-state index is 0.103. The first-order chi connectivity index (χ1) is 13.0. The maximum Gasteiger partial charge on any atom is 0.276 e. The van der Waals surface area contributed by atoms with Crippen LogP contribution in [-0.2, 0) is 9.59 Å². The monoisotopic (exact) mass is 369 g/mol. The molecule has 0 atom stereocenters. The number of hydrogen-bond acceptors (Lipinski definition) is 5. The molecule has 0 unspecified atom stereocenters. The summed E-state index contributed by atoms with van der Waals surface area (Å²) in [6.07, 6.45) is 2.53. The lowest BCUT2D eigenvalue weighted by molar-refractivity contribution is -0.128. The third kappa shape index (κ3) is 6.17. The molecule has 0 spiro atoms. The van der Waals surface area contributed by atoms with Gasteiger partial charge in [-0.2, -0.15) is 5.26 Å². The molecule has 0 aliphatic carbocycles. The summed E-state index contributed by atoms with van der Waals surface area (Å²) in [7, 11) is 1.36. The maximum absolute atomic E-state index is 13.5. The van der Waals surface area contributed by atoms with Crippen LogP contribution in [-0.4, -0.2) is 25.5 Å². The molecule has 0 saturated heterocycles. The first-order valence-corrected chi connectivity index (χ1v) is 7.75. The molecule has 0 radical (unpaired) electrons. The Labute approximate surface area is 155 Å². The first kappa shape index (κ1) is 19.5. The number of amides is 2. The minimum Gasteiger partial charge on any atom is -0.494 e. The average Bonchev–Trinajstić information content (AvgIpc) is 2.69. The van der Waals surface area contributed by atoms with Crippen LogP contribution in [0.4, 0.5) is 4.39 Å². The van der Waals surface area contributed by atoms with Crippen LogP contribution in [0.15, 0.2) is 48.5 Å². The number of carbonyl (C=O) groups is 2. The number of halogens is 1. The zero-order chi connectivity index (χ0) is 19.6. The fraction of sp³-hybridized carbons (Fsp3) is 0.105. The molecule has 0 aromatic heterocycles. The van der Waals surface area contributed by atoms with Gasteiger partial charge in [0.05, 0.1) is 18.7 Å². The van der Waals surface area contributed by atoms with Gasteiger partial charge in [0.2, 0.25) is 0 Å². The average molecular weight is 369 g/mol. The van der Waals surface area contributed by atoms with Gasteiger partial charge in [-0.3, -0.25) is 20.4 Å². The molecule has 27 heavy (non-hydrogen) atoms. The normalized spacial score (nSPS) is 10.1. The third-order valence-corrected chi connectivity index (χ3v) is 3.28.